The third kappa shape index (κ3) is 5.65. The zero-order chi connectivity index (χ0) is 32.0. The van der Waals surface area contributed by atoms with Gasteiger partial charge in [-0.2, -0.15) is 0 Å². The van der Waals surface area contributed by atoms with Crippen LogP contribution in [0.4, 0.5) is 0 Å². The van der Waals surface area contributed by atoms with Crippen LogP contribution in [0.5, 0.6) is 23.0 Å². The summed E-state index contributed by atoms with van der Waals surface area (Å²) in [6.45, 7) is 15.7. The Balaban J connectivity index is 1.75. The molecule has 0 fully saturated rings. The Labute approximate surface area is 260 Å². The highest BCUT2D eigenvalue weighted by molar-refractivity contribution is 5.59. The number of hydrogen-bond donors (Lipinski definition) is 4. The fourth-order valence-corrected chi connectivity index (χ4v) is 6.60. The Morgan fingerprint density at radius 1 is 0.341 bits per heavy atom. The van der Waals surface area contributed by atoms with Crippen LogP contribution in [0.15, 0.2) is 72.8 Å². The zero-order valence-corrected chi connectivity index (χ0v) is 26.9. The first kappa shape index (κ1) is 30.7. The number of phenols is 4. The minimum absolute atomic E-state index is 0.228. The Morgan fingerprint density at radius 2 is 0.545 bits per heavy atom. The maximum atomic E-state index is 10.8. The summed E-state index contributed by atoms with van der Waals surface area (Å²) in [5.41, 5.74) is 13.1. The monoisotopic (exact) mass is 586 g/mol. The van der Waals surface area contributed by atoms with Gasteiger partial charge in [0.1, 0.15) is 23.0 Å². The largest absolute Gasteiger partial charge is 0.508 e. The zero-order valence-electron chi connectivity index (χ0n) is 26.9. The summed E-state index contributed by atoms with van der Waals surface area (Å²) in [7, 11) is 0. The number of aromatic hydroxyl groups is 4. The first-order valence-corrected chi connectivity index (χ1v) is 15.1. The number of phenolic OH excluding ortho intramolecular Hbond substituents is 4. The first-order chi connectivity index (χ1) is 20.8. The molecule has 5 aromatic rings. The van der Waals surface area contributed by atoms with Crippen molar-refractivity contribution >= 4 is 0 Å². The summed E-state index contributed by atoms with van der Waals surface area (Å²) in [6, 6.07) is 24.1. The van der Waals surface area contributed by atoms with Gasteiger partial charge in [-0.05, 0) is 158 Å². The van der Waals surface area contributed by atoms with E-state index in [9.17, 15) is 20.4 Å². The van der Waals surface area contributed by atoms with E-state index in [-0.39, 0.29) is 34.8 Å². The van der Waals surface area contributed by atoms with Gasteiger partial charge in [-0.25, -0.2) is 0 Å². The fraction of sp³-hybridized carbons (Fsp3) is 0.250. The average Bonchev–Trinajstić information content (AvgIpc) is 2.95. The van der Waals surface area contributed by atoms with Crippen LogP contribution in [-0.4, -0.2) is 20.4 Å². The topological polar surface area (TPSA) is 80.9 Å². The van der Waals surface area contributed by atoms with Crippen LogP contribution in [0.3, 0.4) is 0 Å². The van der Waals surface area contributed by atoms with Gasteiger partial charge in [0.15, 0.2) is 0 Å². The van der Waals surface area contributed by atoms with Crippen LogP contribution in [0, 0.1) is 55.4 Å². The van der Waals surface area contributed by atoms with Crippen molar-refractivity contribution in [3.8, 4) is 23.0 Å². The Hall–Kier alpha value is -4.70. The molecule has 0 amide bonds. The van der Waals surface area contributed by atoms with Gasteiger partial charge in [0.2, 0.25) is 0 Å². The average molecular weight is 587 g/mol. The predicted molar refractivity (Wildman–Crippen MR) is 179 cm³/mol. The van der Waals surface area contributed by atoms with Crippen LogP contribution in [0.2, 0.25) is 0 Å². The fourth-order valence-electron chi connectivity index (χ4n) is 6.60. The SMILES string of the molecule is Cc1cc(O)c(C)c(C(c2ccc(C(c3cc(C)cc(O)c3C)c3cc(C)cc(O)c3C)cc2)c2cc(C)cc(O)c2C)c1. The van der Waals surface area contributed by atoms with Gasteiger partial charge in [0, 0.05) is 11.8 Å². The molecular formula is C40H42O4. The van der Waals surface area contributed by atoms with E-state index in [1.165, 1.54) is 0 Å². The molecule has 0 unspecified atom stereocenters. The summed E-state index contributed by atoms with van der Waals surface area (Å²) in [4.78, 5) is 0. The van der Waals surface area contributed by atoms with Crippen molar-refractivity contribution in [2.45, 2.75) is 67.2 Å². The molecule has 4 heteroatoms. The standard InChI is InChI=1S/C40H42O4/c1-21-13-31(25(5)35(41)17-21)39(32-14-22(2)18-36(42)26(32)6)29-9-11-30(12-10-29)40(33-15-23(3)19-37(43)27(33)7)34-16-24(4)20-38(44)28(34)8/h9-20,39-44H,1-8H3. The van der Waals surface area contributed by atoms with Crippen LogP contribution in [0.1, 0.15) is 89.7 Å². The molecule has 0 aromatic heterocycles. The van der Waals surface area contributed by atoms with Gasteiger partial charge in [-0.3, -0.25) is 0 Å². The molecule has 4 nitrogen and oxygen atoms in total. The molecule has 0 aliphatic carbocycles. The maximum Gasteiger partial charge on any atom is 0.119 e. The molecule has 4 N–H and O–H groups in total. The van der Waals surface area contributed by atoms with Crippen molar-refractivity contribution in [3.63, 3.8) is 0 Å². The summed E-state index contributed by atoms with van der Waals surface area (Å²) >= 11 is 0. The number of rotatable bonds is 6. The Bertz CT molecular complexity index is 1630. The maximum absolute atomic E-state index is 10.8. The van der Waals surface area contributed by atoms with E-state index < -0.39 is 0 Å². The van der Waals surface area contributed by atoms with Crippen molar-refractivity contribution in [1.82, 2.24) is 0 Å². The van der Waals surface area contributed by atoms with E-state index in [0.717, 1.165) is 77.9 Å². The molecule has 0 saturated carbocycles. The van der Waals surface area contributed by atoms with Crippen molar-refractivity contribution in [2.24, 2.45) is 0 Å². The number of aryl methyl sites for hydroxylation is 4. The summed E-state index contributed by atoms with van der Waals surface area (Å²) in [6.07, 6.45) is 0. The highest BCUT2D eigenvalue weighted by atomic mass is 16.3. The van der Waals surface area contributed by atoms with E-state index in [0.29, 0.717) is 0 Å². The molecule has 5 aromatic carbocycles. The van der Waals surface area contributed by atoms with Gasteiger partial charge < -0.3 is 20.4 Å². The number of hydrogen-bond acceptors (Lipinski definition) is 4. The molecule has 44 heavy (non-hydrogen) atoms. The van der Waals surface area contributed by atoms with E-state index in [2.05, 4.69) is 48.5 Å². The smallest absolute Gasteiger partial charge is 0.119 e. The van der Waals surface area contributed by atoms with Gasteiger partial charge in [0.05, 0.1) is 0 Å². The number of benzene rings is 5. The van der Waals surface area contributed by atoms with Crippen LogP contribution < -0.4 is 0 Å². The quantitative estimate of drug-likeness (QED) is 0.149. The molecule has 0 radical (unpaired) electrons. The lowest BCUT2D eigenvalue weighted by Gasteiger charge is -2.27. The third-order valence-corrected chi connectivity index (χ3v) is 9.11. The molecular weight excluding hydrogens is 544 g/mol. The van der Waals surface area contributed by atoms with E-state index >= 15 is 0 Å². The summed E-state index contributed by atoms with van der Waals surface area (Å²) in [5.74, 6) is 0.546. The molecule has 226 valence electrons. The Kier molecular flexibility index (Phi) is 8.22. The molecule has 0 bridgehead atoms. The van der Waals surface area contributed by atoms with Gasteiger partial charge in [-0.15, -0.1) is 0 Å². The van der Waals surface area contributed by atoms with E-state index in [4.69, 9.17) is 0 Å². The van der Waals surface area contributed by atoms with Gasteiger partial charge >= 0.3 is 0 Å². The Morgan fingerprint density at radius 3 is 0.750 bits per heavy atom. The first-order valence-electron chi connectivity index (χ1n) is 15.1. The van der Waals surface area contributed by atoms with Crippen molar-refractivity contribution in [3.05, 3.63) is 151 Å². The summed E-state index contributed by atoms with van der Waals surface area (Å²) in [5, 5.41) is 43.3. The van der Waals surface area contributed by atoms with Crippen LogP contribution >= 0.6 is 0 Å². The highest BCUT2D eigenvalue weighted by Crippen LogP contribution is 2.44. The molecule has 0 atom stereocenters. The van der Waals surface area contributed by atoms with E-state index in [1.54, 1.807) is 24.3 Å². The van der Waals surface area contributed by atoms with Crippen LogP contribution in [0.25, 0.3) is 0 Å². The normalized spacial score (nSPS) is 11.5. The lowest BCUT2D eigenvalue weighted by atomic mass is 9.77. The minimum atomic E-state index is -0.228. The molecule has 0 aliphatic heterocycles. The molecule has 5 rings (SSSR count). The second kappa shape index (κ2) is 11.8. The highest BCUT2D eigenvalue weighted by Gasteiger charge is 2.27. The predicted octanol–water partition coefficient (Wildman–Crippen LogP) is 9.34. The summed E-state index contributed by atoms with van der Waals surface area (Å²) < 4.78 is 0. The molecule has 0 saturated heterocycles. The molecule has 0 spiro atoms. The minimum Gasteiger partial charge on any atom is -0.508 e. The molecule has 0 aliphatic rings. The van der Waals surface area contributed by atoms with Gasteiger partial charge in [0.25, 0.3) is 0 Å². The van der Waals surface area contributed by atoms with Gasteiger partial charge in [-0.1, -0.05) is 48.5 Å². The van der Waals surface area contributed by atoms with E-state index in [1.807, 2.05) is 55.4 Å². The van der Waals surface area contributed by atoms with Crippen molar-refractivity contribution in [1.29, 1.82) is 0 Å². The third-order valence-electron chi connectivity index (χ3n) is 9.11. The second-order valence-electron chi connectivity index (χ2n) is 12.5. The molecule has 0 heterocycles. The van der Waals surface area contributed by atoms with Crippen molar-refractivity contribution < 1.29 is 20.4 Å². The lowest BCUT2D eigenvalue weighted by Crippen LogP contribution is -2.11. The second-order valence-corrected chi connectivity index (χ2v) is 12.5. The lowest BCUT2D eigenvalue weighted by molar-refractivity contribution is 0.467. The van der Waals surface area contributed by atoms with Crippen molar-refractivity contribution in [2.75, 3.05) is 0 Å². The van der Waals surface area contributed by atoms with Crippen LogP contribution in [-0.2, 0) is 0 Å².